The van der Waals surface area contributed by atoms with Gasteiger partial charge in [0.15, 0.2) is 0 Å². The third kappa shape index (κ3) is 16.5. The SMILES string of the molecule is C=C1/C=C(NC(=O)c2ccc(NC(=O)CCC(=O)O)cc2)\C=C/C/C(O)=C(N=Nc2cc(C)c(N=Nc3cc(C)c(N=Nc4ccc5cc(S(=O)(=O)O)cc(OCCCS(=O)(=O)O)c5c4)cc3C)cc2C)\C(S(=O)(=O)O)=C/1. The van der Waals surface area contributed by atoms with Crippen LogP contribution in [0, 0.1) is 27.7 Å². The molecule has 0 aliphatic heterocycles. The van der Waals surface area contributed by atoms with E-state index in [1.165, 1.54) is 48.6 Å². The Morgan fingerprint density at radius 2 is 1.25 bits per heavy atom. The smallest absolute Gasteiger partial charge is 0.303 e. The van der Waals surface area contributed by atoms with E-state index in [0.717, 1.165) is 12.1 Å². The number of nitrogens with zero attached hydrogens (tertiary/aromatic N) is 6. The average Bonchev–Trinajstić information content (AvgIpc) is 3.35. The fourth-order valence-electron chi connectivity index (χ4n) is 7.16. The maximum absolute atomic E-state index is 13.2. The number of carboxylic acids is 1. The molecule has 0 unspecified atom stereocenters. The molecule has 0 aromatic heterocycles. The van der Waals surface area contributed by atoms with E-state index in [0.29, 0.717) is 61.5 Å². The van der Waals surface area contributed by atoms with Crippen LogP contribution >= 0.6 is 0 Å². The fraction of sp³-hybridized carbons (Fsp3) is 0.196. The number of benzene rings is 5. The van der Waals surface area contributed by atoms with Gasteiger partial charge in [-0.2, -0.15) is 50.8 Å². The van der Waals surface area contributed by atoms with Crippen molar-refractivity contribution in [1.29, 1.82) is 0 Å². The second-order valence-electron chi connectivity index (χ2n) is 17.3. The minimum atomic E-state index is -5.08. The van der Waals surface area contributed by atoms with Crippen molar-refractivity contribution in [1.82, 2.24) is 5.32 Å². The number of carbonyl (C=O) groups excluding carboxylic acids is 2. The highest BCUT2D eigenvalue weighted by atomic mass is 32.2. The molecule has 0 heterocycles. The molecule has 1 aliphatic carbocycles. The van der Waals surface area contributed by atoms with Crippen LogP contribution in [0.2, 0.25) is 0 Å². The molecule has 0 radical (unpaired) electrons. The number of azo groups is 3. The Balaban J connectivity index is 1.16. The van der Waals surface area contributed by atoms with Gasteiger partial charge in [-0.1, -0.05) is 18.7 Å². The number of anilines is 1. The fourth-order valence-corrected chi connectivity index (χ4v) is 8.88. The van der Waals surface area contributed by atoms with Crippen LogP contribution in [-0.2, 0) is 39.9 Å². The molecule has 26 heteroatoms. The predicted octanol–water partition coefficient (Wildman–Crippen LogP) is 11.1. The zero-order chi connectivity index (χ0) is 56.4. The van der Waals surface area contributed by atoms with Gasteiger partial charge in [-0.25, -0.2) is 0 Å². The Bertz CT molecular complexity index is 3790. The molecule has 0 bridgehead atoms. The molecule has 77 heavy (non-hydrogen) atoms. The van der Waals surface area contributed by atoms with Gasteiger partial charge in [-0.3, -0.25) is 28.0 Å². The van der Waals surface area contributed by atoms with E-state index in [4.69, 9.17) is 14.4 Å². The van der Waals surface area contributed by atoms with Crippen LogP contribution < -0.4 is 15.4 Å². The van der Waals surface area contributed by atoms with Gasteiger partial charge in [-0.05, 0) is 152 Å². The molecule has 0 atom stereocenters. The monoisotopic (exact) mass is 1110 g/mol. The minimum Gasteiger partial charge on any atom is -0.510 e. The summed E-state index contributed by atoms with van der Waals surface area (Å²) in [4.78, 5) is 34.6. The summed E-state index contributed by atoms with van der Waals surface area (Å²) in [5, 5.41) is 51.9. The normalized spacial score (nSPS) is 16.5. The summed E-state index contributed by atoms with van der Waals surface area (Å²) in [6, 6.07) is 19.5. The highest BCUT2D eigenvalue weighted by Crippen LogP contribution is 2.37. The van der Waals surface area contributed by atoms with Gasteiger partial charge in [0.2, 0.25) is 5.91 Å². The molecule has 0 spiro atoms. The summed E-state index contributed by atoms with van der Waals surface area (Å²) in [6.45, 7) is 10.6. The lowest BCUT2D eigenvalue weighted by molar-refractivity contribution is -0.138. The molecule has 1 aliphatic rings. The van der Waals surface area contributed by atoms with Gasteiger partial charge in [-0.15, -0.1) is 5.11 Å². The molecule has 402 valence electrons. The lowest BCUT2D eigenvalue weighted by atomic mass is 10.1. The number of fused-ring (bicyclic) bond motifs is 1. The van der Waals surface area contributed by atoms with E-state index in [9.17, 15) is 53.8 Å². The van der Waals surface area contributed by atoms with Gasteiger partial charge in [0.05, 0.1) is 52.1 Å². The van der Waals surface area contributed by atoms with Crippen molar-refractivity contribution in [3.05, 3.63) is 165 Å². The lowest BCUT2D eigenvalue weighted by Gasteiger charge is -2.12. The van der Waals surface area contributed by atoms with E-state index in [1.807, 2.05) is 0 Å². The van der Waals surface area contributed by atoms with Crippen molar-refractivity contribution >= 4 is 93.0 Å². The number of hydrogen-bond donors (Lipinski definition) is 7. The number of aryl methyl sites for hydroxylation is 4. The maximum Gasteiger partial charge on any atom is 0.303 e. The van der Waals surface area contributed by atoms with Crippen molar-refractivity contribution < 1.29 is 68.2 Å². The molecule has 0 saturated carbocycles. The van der Waals surface area contributed by atoms with E-state index in [-0.39, 0.29) is 60.6 Å². The van der Waals surface area contributed by atoms with Gasteiger partial charge >= 0.3 is 5.97 Å². The molecular weight excluding hydrogens is 1060 g/mol. The van der Waals surface area contributed by atoms with Crippen molar-refractivity contribution in [3.8, 4) is 5.75 Å². The molecule has 5 aromatic carbocycles. The van der Waals surface area contributed by atoms with Crippen molar-refractivity contribution in [2.75, 3.05) is 17.7 Å². The van der Waals surface area contributed by atoms with Gasteiger partial charge < -0.3 is 25.6 Å². The molecule has 6 rings (SSSR count). The number of carbonyl (C=O) groups is 3. The van der Waals surface area contributed by atoms with Crippen LogP contribution in [0.15, 0.2) is 173 Å². The van der Waals surface area contributed by atoms with Gasteiger partial charge in [0.1, 0.15) is 22.1 Å². The number of aliphatic hydroxyl groups excluding tert-OH is 1. The summed E-state index contributed by atoms with van der Waals surface area (Å²) in [5.41, 5.74) is 4.55. The number of aliphatic hydroxyl groups is 1. The van der Waals surface area contributed by atoms with Gasteiger partial charge in [0, 0.05) is 41.2 Å². The van der Waals surface area contributed by atoms with Crippen LogP contribution in [-0.4, -0.2) is 79.3 Å². The molecule has 0 fully saturated rings. The summed E-state index contributed by atoms with van der Waals surface area (Å²) < 4.78 is 107. The molecule has 23 nitrogen and oxygen atoms in total. The number of allylic oxidation sites excluding steroid dienone is 5. The predicted molar refractivity (Wildman–Crippen MR) is 285 cm³/mol. The highest BCUT2D eigenvalue weighted by Gasteiger charge is 2.24. The number of hydrogen-bond acceptors (Lipinski definition) is 17. The van der Waals surface area contributed by atoms with Crippen molar-refractivity contribution in [3.63, 3.8) is 0 Å². The Morgan fingerprint density at radius 1 is 0.675 bits per heavy atom. The van der Waals surface area contributed by atoms with Crippen LogP contribution in [0.4, 0.5) is 34.1 Å². The Kier molecular flexibility index (Phi) is 18.4. The van der Waals surface area contributed by atoms with E-state index < -0.39 is 75.1 Å². The molecule has 5 aromatic rings. The zero-order valence-electron chi connectivity index (χ0n) is 41.5. The standard InChI is InChI=1S/C51H50N8O15S3/c1-29-20-37(53-51(64)34-10-13-36(14-11-34)52-48(61)16-17-49(62)63)8-6-9-45(60)50(47(21-29)77(71,72)73)59-58-44-25-32(4)43(24-33(44)5)57-56-42-23-30(2)41(22-31(42)3)55-54-38-15-12-35-26-39(76(68,69)70)28-46(40(35)27-38)74-18-7-19-75(65,66)67/h6,8,10-15,20-28,60H,1,7,9,16-19H2,2-5H3,(H,52,61)(H,53,64)(H,62,63)(H,65,66,67)(H,68,69,70)(H,71,72,73)/b8-6-,37-20+,47-21+,50-45-,55-54?,57-56?,59-58?. The quantitative estimate of drug-likeness (QED) is 0.0229. The van der Waals surface area contributed by atoms with Crippen LogP contribution in [0.25, 0.3) is 10.8 Å². The first-order valence-electron chi connectivity index (χ1n) is 22.9. The number of rotatable bonds is 19. The largest absolute Gasteiger partial charge is 0.510 e. The number of aliphatic carboxylic acids is 1. The first-order chi connectivity index (χ1) is 36.1. The van der Waals surface area contributed by atoms with E-state index >= 15 is 0 Å². The molecule has 2 amide bonds. The third-order valence-electron chi connectivity index (χ3n) is 11.1. The average molecular weight is 1110 g/mol. The van der Waals surface area contributed by atoms with Crippen molar-refractivity contribution in [2.45, 2.75) is 58.3 Å². The summed E-state index contributed by atoms with van der Waals surface area (Å²) >= 11 is 0. The molecule has 7 N–H and O–H groups in total. The van der Waals surface area contributed by atoms with E-state index in [1.54, 1.807) is 70.2 Å². The van der Waals surface area contributed by atoms with Crippen LogP contribution in [0.5, 0.6) is 5.75 Å². The highest BCUT2D eigenvalue weighted by molar-refractivity contribution is 7.90. The van der Waals surface area contributed by atoms with Gasteiger partial charge in [0.25, 0.3) is 36.3 Å². The second kappa shape index (κ2) is 24.5. The Hall–Kier alpha value is -8.40. The summed E-state index contributed by atoms with van der Waals surface area (Å²) in [5.74, 6) is -3.41. The van der Waals surface area contributed by atoms with E-state index in [2.05, 4.69) is 47.9 Å². The molecular formula is C51H50N8O15S3. The Labute approximate surface area is 442 Å². The summed E-state index contributed by atoms with van der Waals surface area (Å²) in [6.07, 6.45) is 4.10. The number of amides is 2. The Morgan fingerprint density at radius 3 is 1.79 bits per heavy atom. The van der Waals surface area contributed by atoms with Crippen molar-refractivity contribution in [2.24, 2.45) is 30.7 Å². The summed E-state index contributed by atoms with van der Waals surface area (Å²) in [7, 11) is -14.0. The minimum absolute atomic E-state index is 0.0209. The number of nitrogens with one attached hydrogen (secondary N) is 2. The zero-order valence-corrected chi connectivity index (χ0v) is 43.9. The third-order valence-corrected chi connectivity index (χ3v) is 13.6. The van der Waals surface area contributed by atoms with Crippen LogP contribution in [0.3, 0.4) is 0 Å². The maximum atomic E-state index is 13.2. The lowest BCUT2D eigenvalue weighted by Crippen LogP contribution is -2.22. The van der Waals surface area contributed by atoms with Crippen LogP contribution in [0.1, 0.15) is 58.3 Å². The number of ether oxygens (including phenoxy) is 1. The topological polar surface area (TPSA) is 362 Å². The molecule has 0 saturated heterocycles. The first kappa shape index (κ1) is 57.9. The number of carboxylic acid groups (broad SMARTS) is 1. The second-order valence-corrected chi connectivity index (χ2v) is 21.7. The first-order valence-corrected chi connectivity index (χ1v) is 27.4.